The lowest BCUT2D eigenvalue weighted by Crippen LogP contribution is -2.52. The molecule has 1 aliphatic heterocycles. The first kappa shape index (κ1) is 24.8. The number of nitrogens with one attached hydrogen (secondary N) is 1. The zero-order valence-electron chi connectivity index (χ0n) is 20.6. The van der Waals surface area contributed by atoms with Gasteiger partial charge in [-0.25, -0.2) is 0 Å². The van der Waals surface area contributed by atoms with Gasteiger partial charge in [0.2, 0.25) is 11.8 Å². The van der Waals surface area contributed by atoms with Crippen molar-refractivity contribution < 1.29 is 14.0 Å². The van der Waals surface area contributed by atoms with Gasteiger partial charge in [0.25, 0.3) is 11.4 Å². The van der Waals surface area contributed by atoms with Crippen LogP contribution >= 0.6 is 0 Å². The van der Waals surface area contributed by atoms with E-state index in [0.29, 0.717) is 30.7 Å². The molecular weight excluding hydrogens is 446 g/mol. The molecule has 35 heavy (non-hydrogen) atoms. The number of Topliss-reactive ketones (excluding diaryl/α,β-unsaturated/α-hetero) is 1. The molecule has 1 fully saturated rings. The van der Waals surface area contributed by atoms with Gasteiger partial charge in [0, 0.05) is 33.0 Å². The second-order valence-electron chi connectivity index (χ2n) is 9.40. The second kappa shape index (κ2) is 10.9. The van der Waals surface area contributed by atoms with E-state index in [9.17, 15) is 14.4 Å². The van der Waals surface area contributed by atoms with Gasteiger partial charge in [0.1, 0.15) is 17.4 Å². The average molecular weight is 480 g/mol. The summed E-state index contributed by atoms with van der Waals surface area (Å²) in [6.45, 7) is 3.32. The quantitative estimate of drug-likeness (QED) is 0.420. The molecule has 1 aliphatic rings. The molecule has 1 amide bonds. The molecule has 0 unspecified atom stereocenters. The van der Waals surface area contributed by atoms with Gasteiger partial charge in [-0.2, -0.15) is 0 Å². The third-order valence-corrected chi connectivity index (χ3v) is 6.70. The molecular formula is C26H33N5O4. The fourth-order valence-electron chi connectivity index (χ4n) is 4.50. The minimum absolute atomic E-state index is 0.0318. The predicted octanol–water partition coefficient (Wildman–Crippen LogP) is 3.24. The Morgan fingerprint density at radius 1 is 1.14 bits per heavy atom. The Hall–Kier alpha value is -3.33. The van der Waals surface area contributed by atoms with Crippen LogP contribution in [-0.4, -0.2) is 51.5 Å². The molecule has 0 aliphatic carbocycles. The highest BCUT2D eigenvalue weighted by atomic mass is 16.4. The lowest BCUT2D eigenvalue weighted by atomic mass is 9.99. The Labute approximate surface area is 204 Å². The summed E-state index contributed by atoms with van der Waals surface area (Å²) in [5.74, 6) is 0.612. The molecule has 1 saturated heterocycles. The number of ketones is 1. The highest BCUT2D eigenvalue weighted by molar-refractivity contribution is 5.83. The fourth-order valence-corrected chi connectivity index (χ4v) is 4.50. The van der Waals surface area contributed by atoms with E-state index in [2.05, 4.69) is 20.4 Å². The minimum Gasteiger partial charge on any atom is -0.418 e. The maximum absolute atomic E-state index is 13.0. The number of fused-ring (bicyclic) bond motifs is 1. The summed E-state index contributed by atoms with van der Waals surface area (Å²) in [6, 6.07) is 8.93. The maximum Gasteiger partial charge on any atom is 0.263 e. The van der Waals surface area contributed by atoms with E-state index >= 15 is 0 Å². The molecule has 186 valence electrons. The maximum atomic E-state index is 13.0. The number of rotatable bonds is 11. The van der Waals surface area contributed by atoms with E-state index in [1.54, 1.807) is 17.7 Å². The highest BCUT2D eigenvalue weighted by Crippen LogP contribution is 2.25. The molecule has 1 N–H and O–H groups in total. The summed E-state index contributed by atoms with van der Waals surface area (Å²) in [5, 5.41) is 12.3. The van der Waals surface area contributed by atoms with Crippen LogP contribution in [0.2, 0.25) is 0 Å². The van der Waals surface area contributed by atoms with Crippen molar-refractivity contribution in [2.24, 2.45) is 13.0 Å². The molecule has 0 bridgehead atoms. The van der Waals surface area contributed by atoms with E-state index in [-0.39, 0.29) is 29.1 Å². The van der Waals surface area contributed by atoms with Crippen molar-refractivity contribution in [2.75, 3.05) is 20.1 Å². The standard InChI is InChI=1S/C26H33N5O4/c1-4-19(32)11-6-5-7-12-21(27-23(33)18-15-30(2)16-18)25-29-28-24(35-25)20-14-17-10-8-9-13-22(17)31(3)26(20)34/h8-10,13-14,18,21H,4-7,11-12,15-16H2,1-3H3,(H,27,33)/t21-/m0/s1. The van der Waals surface area contributed by atoms with Gasteiger partial charge in [0.05, 0.1) is 11.4 Å². The lowest BCUT2D eigenvalue weighted by Gasteiger charge is -2.35. The number of hydrogen-bond acceptors (Lipinski definition) is 7. The molecule has 1 aromatic carbocycles. The number of amides is 1. The molecule has 9 heteroatoms. The lowest BCUT2D eigenvalue weighted by molar-refractivity contribution is -0.130. The number of benzene rings is 1. The summed E-state index contributed by atoms with van der Waals surface area (Å²) in [4.78, 5) is 39.4. The van der Waals surface area contributed by atoms with Crippen LogP contribution in [0.25, 0.3) is 22.4 Å². The summed E-state index contributed by atoms with van der Waals surface area (Å²) < 4.78 is 7.54. The van der Waals surface area contributed by atoms with Crippen molar-refractivity contribution in [1.82, 2.24) is 25.0 Å². The Morgan fingerprint density at radius 2 is 1.91 bits per heavy atom. The van der Waals surface area contributed by atoms with E-state index in [1.807, 2.05) is 38.2 Å². The monoisotopic (exact) mass is 479 g/mol. The number of carbonyl (C=O) groups excluding carboxylic acids is 2. The number of para-hydroxylation sites is 1. The van der Waals surface area contributed by atoms with Crippen LogP contribution < -0.4 is 10.9 Å². The van der Waals surface area contributed by atoms with Crippen molar-refractivity contribution in [3.05, 3.63) is 46.6 Å². The fraction of sp³-hybridized carbons (Fsp3) is 0.500. The van der Waals surface area contributed by atoms with Crippen LogP contribution in [0.1, 0.15) is 57.4 Å². The van der Waals surface area contributed by atoms with Gasteiger partial charge in [-0.1, -0.05) is 38.0 Å². The smallest absolute Gasteiger partial charge is 0.263 e. The van der Waals surface area contributed by atoms with Crippen LogP contribution in [0.15, 0.2) is 39.5 Å². The number of carbonyl (C=O) groups is 2. The number of nitrogens with zero attached hydrogens (tertiary/aromatic N) is 4. The minimum atomic E-state index is -0.444. The number of aromatic nitrogens is 3. The SMILES string of the molecule is CCC(=O)CCCCC[C@H](NC(=O)C1CN(C)C1)c1nnc(-c2cc3ccccc3n(C)c2=O)o1. The summed E-state index contributed by atoms with van der Waals surface area (Å²) in [5.41, 5.74) is 0.921. The molecule has 2 aromatic heterocycles. The average Bonchev–Trinajstić information content (AvgIpc) is 3.33. The van der Waals surface area contributed by atoms with Crippen LogP contribution in [0.5, 0.6) is 0 Å². The van der Waals surface area contributed by atoms with Crippen LogP contribution in [0, 0.1) is 5.92 Å². The molecule has 0 radical (unpaired) electrons. The zero-order chi connectivity index (χ0) is 24.9. The molecule has 3 aromatic rings. The topological polar surface area (TPSA) is 110 Å². The van der Waals surface area contributed by atoms with Crippen molar-refractivity contribution in [1.29, 1.82) is 0 Å². The van der Waals surface area contributed by atoms with E-state index in [1.165, 1.54) is 0 Å². The van der Waals surface area contributed by atoms with Crippen LogP contribution in [0.3, 0.4) is 0 Å². The third kappa shape index (κ3) is 5.67. The Morgan fingerprint density at radius 3 is 2.66 bits per heavy atom. The van der Waals surface area contributed by atoms with Gasteiger partial charge in [-0.3, -0.25) is 14.4 Å². The van der Waals surface area contributed by atoms with Gasteiger partial charge in [-0.05, 0) is 37.4 Å². The van der Waals surface area contributed by atoms with Gasteiger partial charge in [0.15, 0.2) is 0 Å². The van der Waals surface area contributed by atoms with Crippen molar-refractivity contribution in [3.8, 4) is 11.5 Å². The largest absolute Gasteiger partial charge is 0.418 e. The number of aryl methyl sites for hydroxylation is 1. The molecule has 0 saturated carbocycles. The first-order valence-electron chi connectivity index (χ1n) is 12.3. The van der Waals surface area contributed by atoms with Gasteiger partial charge in [-0.15, -0.1) is 10.2 Å². The third-order valence-electron chi connectivity index (χ3n) is 6.70. The van der Waals surface area contributed by atoms with Crippen molar-refractivity contribution in [3.63, 3.8) is 0 Å². The van der Waals surface area contributed by atoms with Crippen LogP contribution in [-0.2, 0) is 16.6 Å². The Bertz CT molecular complexity index is 1260. The molecule has 1 atom stereocenters. The summed E-state index contributed by atoms with van der Waals surface area (Å²) >= 11 is 0. The molecule has 4 rings (SSSR count). The number of unbranched alkanes of at least 4 members (excludes halogenated alkanes) is 2. The van der Waals surface area contributed by atoms with Gasteiger partial charge < -0.3 is 19.2 Å². The summed E-state index contributed by atoms with van der Waals surface area (Å²) in [7, 11) is 3.70. The van der Waals surface area contributed by atoms with Gasteiger partial charge >= 0.3 is 0 Å². The Balaban J connectivity index is 1.52. The van der Waals surface area contributed by atoms with Crippen molar-refractivity contribution in [2.45, 2.75) is 51.5 Å². The number of hydrogen-bond donors (Lipinski definition) is 1. The summed E-state index contributed by atoms with van der Waals surface area (Å²) in [6.07, 6.45) is 4.26. The first-order valence-corrected chi connectivity index (χ1v) is 12.3. The Kier molecular flexibility index (Phi) is 7.75. The predicted molar refractivity (Wildman–Crippen MR) is 133 cm³/mol. The normalized spacial score (nSPS) is 15.2. The zero-order valence-corrected chi connectivity index (χ0v) is 20.6. The van der Waals surface area contributed by atoms with Crippen molar-refractivity contribution >= 4 is 22.6 Å². The molecule has 0 spiro atoms. The first-order chi connectivity index (χ1) is 16.9. The van der Waals surface area contributed by atoms with E-state index in [0.717, 1.165) is 43.3 Å². The number of pyridine rings is 1. The van der Waals surface area contributed by atoms with Crippen LogP contribution in [0.4, 0.5) is 0 Å². The second-order valence-corrected chi connectivity index (χ2v) is 9.40. The number of likely N-dealkylation sites (tertiary alicyclic amines) is 1. The molecule has 3 heterocycles. The van der Waals surface area contributed by atoms with E-state index in [4.69, 9.17) is 4.42 Å². The van der Waals surface area contributed by atoms with E-state index < -0.39 is 6.04 Å². The molecule has 9 nitrogen and oxygen atoms in total. The highest BCUT2D eigenvalue weighted by Gasteiger charge is 2.32.